The molecular formula is C10H20O2. The van der Waals surface area contributed by atoms with Gasteiger partial charge in [0, 0.05) is 12.8 Å². The van der Waals surface area contributed by atoms with Crippen LogP contribution < -0.4 is 0 Å². The second-order valence-corrected chi connectivity index (χ2v) is 3.52. The molecule has 72 valence electrons. The molecule has 0 saturated carbocycles. The van der Waals surface area contributed by atoms with Crippen LogP contribution in [-0.2, 0) is 4.74 Å². The van der Waals surface area contributed by atoms with Gasteiger partial charge in [0.1, 0.15) is 0 Å². The van der Waals surface area contributed by atoms with E-state index in [4.69, 9.17) is 4.74 Å². The Morgan fingerprint density at radius 3 is 2.42 bits per heavy atom. The standard InChI is InChI=1S/C10H20O2/c1-5-9(6-2)12-8-7-10(3,4)11/h5,11H,6-8H2,1-4H3. The number of rotatable bonds is 5. The maximum absolute atomic E-state index is 9.38. The molecule has 0 aromatic heterocycles. The van der Waals surface area contributed by atoms with Crippen LogP contribution in [0, 0.1) is 0 Å². The molecule has 0 atom stereocenters. The maximum atomic E-state index is 9.38. The Bertz CT molecular complexity index is 142. The van der Waals surface area contributed by atoms with Gasteiger partial charge in [0.25, 0.3) is 0 Å². The Hall–Kier alpha value is -0.500. The first-order chi connectivity index (χ1) is 5.49. The zero-order valence-electron chi connectivity index (χ0n) is 8.55. The average Bonchev–Trinajstić information content (AvgIpc) is 1.96. The molecule has 2 heteroatoms. The van der Waals surface area contributed by atoms with Gasteiger partial charge in [-0.05, 0) is 26.8 Å². The van der Waals surface area contributed by atoms with Crippen LogP contribution in [0.1, 0.15) is 40.5 Å². The lowest BCUT2D eigenvalue weighted by atomic mass is 10.1. The van der Waals surface area contributed by atoms with Crippen molar-refractivity contribution >= 4 is 0 Å². The van der Waals surface area contributed by atoms with Crippen molar-refractivity contribution in [2.24, 2.45) is 0 Å². The lowest BCUT2D eigenvalue weighted by molar-refractivity contribution is 0.0428. The largest absolute Gasteiger partial charge is 0.498 e. The third kappa shape index (κ3) is 6.23. The summed E-state index contributed by atoms with van der Waals surface area (Å²) in [5, 5.41) is 9.38. The highest BCUT2D eigenvalue weighted by Crippen LogP contribution is 2.10. The lowest BCUT2D eigenvalue weighted by Gasteiger charge is -2.17. The second kappa shape index (κ2) is 5.20. The van der Waals surface area contributed by atoms with Gasteiger partial charge in [-0.1, -0.05) is 6.92 Å². The molecule has 0 bridgehead atoms. The van der Waals surface area contributed by atoms with Crippen molar-refractivity contribution < 1.29 is 9.84 Å². The van der Waals surface area contributed by atoms with Gasteiger partial charge in [-0.3, -0.25) is 0 Å². The van der Waals surface area contributed by atoms with Crippen LogP contribution in [0.25, 0.3) is 0 Å². The summed E-state index contributed by atoms with van der Waals surface area (Å²) in [7, 11) is 0. The summed E-state index contributed by atoms with van der Waals surface area (Å²) in [5.74, 6) is 0.999. The van der Waals surface area contributed by atoms with E-state index in [1.54, 1.807) is 13.8 Å². The highest BCUT2D eigenvalue weighted by atomic mass is 16.5. The highest BCUT2D eigenvalue weighted by molar-refractivity contribution is 4.88. The third-order valence-corrected chi connectivity index (χ3v) is 1.67. The Balaban J connectivity index is 3.56. The summed E-state index contributed by atoms with van der Waals surface area (Å²) in [5.41, 5.74) is -0.618. The summed E-state index contributed by atoms with van der Waals surface area (Å²) in [6.07, 6.45) is 3.55. The summed E-state index contributed by atoms with van der Waals surface area (Å²) in [4.78, 5) is 0. The van der Waals surface area contributed by atoms with Crippen molar-refractivity contribution in [1.29, 1.82) is 0 Å². The molecule has 0 unspecified atom stereocenters. The van der Waals surface area contributed by atoms with Gasteiger partial charge in [-0.15, -0.1) is 0 Å². The van der Waals surface area contributed by atoms with Crippen molar-refractivity contribution in [3.05, 3.63) is 11.8 Å². The molecule has 0 aliphatic heterocycles. The molecule has 0 heterocycles. The molecule has 0 aromatic rings. The van der Waals surface area contributed by atoms with Crippen molar-refractivity contribution in [1.82, 2.24) is 0 Å². The van der Waals surface area contributed by atoms with E-state index in [0.29, 0.717) is 13.0 Å². The predicted molar refractivity (Wildman–Crippen MR) is 50.9 cm³/mol. The SMILES string of the molecule is CC=C(CC)OCCC(C)(C)O. The molecule has 0 aliphatic carbocycles. The lowest BCUT2D eigenvalue weighted by Crippen LogP contribution is -2.20. The summed E-state index contributed by atoms with van der Waals surface area (Å²) in [6.45, 7) is 8.19. The van der Waals surface area contributed by atoms with E-state index in [1.807, 2.05) is 13.0 Å². The Morgan fingerprint density at radius 2 is 2.08 bits per heavy atom. The normalized spacial score (nSPS) is 13.2. The highest BCUT2D eigenvalue weighted by Gasteiger charge is 2.11. The van der Waals surface area contributed by atoms with Crippen LogP contribution in [0.2, 0.25) is 0 Å². The third-order valence-electron chi connectivity index (χ3n) is 1.67. The van der Waals surface area contributed by atoms with Crippen molar-refractivity contribution in [2.45, 2.75) is 46.1 Å². The fraction of sp³-hybridized carbons (Fsp3) is 0.800. The second-order valence-electron chi connectivity index (χ2n) is 3.52. The number of allylic oxidation sites excluding steroid dienone is 2. The number of aliphatic hydroxyl groups is 1. The zero-order valence-corrected chi connectivity index (χ0v) is 8.55. The van der Waals surface area contributed by atoms with Crippen LogP contribution in [-0.4, -0.2) is 17.3 Å². The summed E-state index contributed by atoms with van der Waals surface area (Å²) < 4.78 is 5.42. The number of hydrogen-bond donors (Lipinski definition) is 1. The predicted octanol–water partition coefficient (Wildman–Crippen LogP) is 2.48. The van der Waals surface area contributed by atoms with Crippen LogP contribution in [0.15, 0.2) is 11.8 Å². The first-order valence-corrected chi connectivity index (χ1v) is 4.50. The molecule has 0 aromatic carbocycles. The topological polar surface area (TPSA) is 29.5 Å². The quantitative estimate of drug-likeness (QED) is 0.645. The molecule has 12 heavy (non-hydrogen) atoms. The van der Waals surface area contributed by atoms with Gasteiger partial charge in [-0.25, -0.2) is 0 Å². The molecule has 1 N–H and O–H groups in total. The first-order valence-electron chi connectivity index (χ1n) is 4.50. The van der Waals surface area contributed by atoms with E-state index in [-0.39, 0.29) is 0 Å². The summed E-state index contributed by atoms with van der Waals surface area (Å²) >= 11 is 0. The zero-order chi connectivity index (χ0) is 9.61. The van der Waals surface area contributed by atoms with Gasteiger partial charge in [-0.2, -0.15) is 0 Å². The van der Waals surface area contributed by atoms with E-state index in [2.05, 4.69) is 6.92 Å². The van der Waals surface area contributed by atoms with Crippen LogP contribution in [0.3, 0.4) is 0 Å². The van der Waals surface area contributed by atoms with Gasteiger partial charge in [0.2, 0.25) is 0 Å². The van der Waals surface area contributed by atoms with E-state index in [9.17, 15) is 5.11 Å². The average molecular weight is 172 g/mol. The smallest absolute Gasteiger partial charge is 0.0914 e. The van der Waals surface area contributed by atoms with Crippen molar-refractivity contribution in [2.75, 3.05) is 6.61 Å². The molecule has 0 aliphatic rings. The van der Waals surface area contributed by atoms with Crippen LogP contribution in [0.4, 0.5) is 0 Å². The van der Waals surface area contributed by atoms with Crippen molar-refractivity contribution in [3.8, 4) is 0 Å². The van der Waals surface area contributed by atoms with Crippen molar-refractivity contribution in [3.63, 3.8) is 0 Å². The molecule has 0 spiro atoms. The molecule has 0 saturated heterocycles. The fourth-order valence-corrected chi connectivity index (χ4v) is 0.821. The minimum atomic E-state index is -0.618. The molecular weight excluding hydrogens is 152 g/mol. The molecule has 0 amide bonds. The Labute approximate surface area is 75.2 Å². The minimum absolute atomic E-state index is 0.594. The minimum Gasteiger partial charge on any atom is -0.498 e. The monoisotopic (exact) mass is 172 g/mol. The van der Waals surface area contributed by atoms with Gasteiger partial charge in [0.05, 0.1) is 18.0 Å². The molecule has 2 nitrogen and oxygen atoms in total. The van der Waals surface area contributed by atoms with E-state index in [0.717, 1.165) is 12.2 Å². The molecule has 0 rings (SSSR count). The fourth-order valence-electron chi connectivity index (χ4n) is 0.821. The first kappa shape index (κ1) is 11.5. The van der Waals surface area contributed by atoms with Crippen LogP contribution in [0.5, 0.6) is 0 Å². The van der Waals surface area contributed by atoms with Gasteiger partial charge < -0.3 is 9.84 Å². The molecule has 0 fully saturated rings. The Kier molecular flexibility index (Phi) is 4.98. The molecule has 0 radical (unpaired) electrons. The van der Waals surface area contributed by atoms with E-state index in [1.165, 1.54) is 0 Å². The van der Waals surface area contributed by atoms with Gasteiger partial charge in [0.15, 0.2) is 0 Å². The maximum Gasteiger partial charge on any atom is 0.0914 e. The van der Waals surface area contributed by atoms with E-state index >= 15 is 0 Å². The van der Waals surface area contributed by atoms with E-state index < -0.39 is 5.60 Å². The van der Waals surface area contributed by atoms with Gasteiger partial charge >= 0.3 is 0 Å². The summed E-state index contributed by atoms with van der Waals surface area (Å²) in [6, 6.07) is 0. The van der Waals surface area contributed by atoms with Crippen LogP contribution >= 0.6 is 0 Å². The number of hydrogen-bond acceptors (Lipinski definition) is 2. The number of ether oxygens (including phenoxy) is 1. The Morgan fingerprint density at radius 1 is 1.50 bits per heavy atom.